The molecule has 1 rings (SSSR count). The maximum Gasteiger partial charge on any atom is 0.0695 e. The molecular formula is C9H19NO. The molecule has 1 fully saturated rings. The fourth-order valence-corrected chi connectivity index (χ4v) is 1.95. The quantitative estimate of drug-likeness (QED) is 0.666. The lowest BCUT2D eigenvalue weighted by molar-refractivity contribution is 0.0864. The highest BCUT2D eigenvalue weighted by Crippen LogP contribution is 2.22. The number of likely N-dealkylation sites (N-methyl/N-ethyl adjacent to an activating group) is 1. The Hall–Kier alpha value is -0.0800. The minimum atomic E-state index is -0.0634. The Morgan fingerprint density at radius 3 is 2.64 bits per heavy atom. The molecule has 2 heteroatoms. The summed E-state index contributed by atoms with van der Waals surface area (Å²) in [7, 11) is 2.11. The van der Waals surface area contributed by atoms with E-state index in [9.17, 15) is 5.11 Å². The molecule has 1 aliphatic carbocycles. The summed E-state index contributed by atoms with van der Waals surface area (Å²) in [6.45, 7) is 3.29. The van der Waals surface area contributed by atoms with Gasteiger partial charge in [0.25, 0.3) is 0 Å². The van der Waals surface area contributed by atoms with Gasteiger partial charge in [-0.1, -0.05) is 6.92 Å². The van der Waals surface area contributed by atoms with E-state index < -0.39 is 0 Å². The van der Waals surface area contributed by atoms with Crippen molar-refractivity contribution in [2.24, 2.45) is 0 Å². The van der Waals surface area contributed by atoms with Gasteiger partial charge in [-0.3, -0.25) is 0 Å². The van der Waals surface area contributed by atoms with Crippen molar-refractivity contribution in [3.63, 3.8) is 0 Å². The smallest absolute Gasteiger partial charge is 0.0695 e. The zero-order chi connectivity index (χ0) is 8.27. The summed E-state index contributed by atoms with van der Waals surface area (Å²) in [4.78, 5) is 2.29. The Bertz CT molecular complexity index is 116. The van der Waals surface area contributed by atoms with Crippen LogP contribution >= 0.6 is 0 Å². The monoisotopic (exact) mass is 157 g/mol. The molecule has 0 aromatic heterocycles. The summed E-state index contributed by atoms with van der Waals surface area (Å²) < 4.78 is 0. The number of aliphatic hydroxyl groups excluding tert-OH is 1. The fraction of sp³-hybridized carbons (Fsp3) is 1.00. The third-order valence-electron chi connectivity index (χ3n) is 2.59. The molecule has 0 radical (unpaired) electrons. The molecule has 1 N–H and O–H groups in total. The van der Waals surface area contributed by atoms with Gasteiger partial charge in [0.1, 0.15) is 0 Å². The first kappa shape index (κ1) is 9.01. The van der Waals surface area contributed by atoms with Crippen molar-refractivity contribution in [3.05, 3.63) is 0 Å². The maximum atomic E-state index is 9.54. The molecule has 66 valence electrons. The SMILES string of the molecule is CCCN(C)[C@H]1CCC[C@H]1O. The Labute approximate surface area is 69.2 Å². The number of aliphatic hydroxyl groups is 1. The summed E-state index contributed by atoms with van der Waals surface area (Å²) in [6.07, 6.45) is 4.49. The Morgan fingerprint density at radius 1 is 1.45 bits per heavy atom. The fourth-order valence-electron chi connectivity index (χ4n) is 1.95. The van der Waals surface area contributed by atoms with Crippen molar-refractivity contribution < 1.29 is 5.11 Å². The third-order valence-corrected chi connectivity index (χ3v) is 2.59. The van der Waals surface area contributed by atoms with Crippen molar-refractivity contribution in [2.75, 3.05) is 13.6 Å². The average molecular weight is 157 g/mol. The molecule has 2 nitrogen and oxygen atoms in total. The topological polar surface area (TPSA) is 23.5 Å². The van der Waals surface area contributed by atoms with Gasteiger partial charge in [-0.25, -0.2) is 0 Å². The highest BCUT2D eigenvalue weighted by Gasteiger charge is 2.27. The molecule has 0 aromatic rings. The average Bonchev–Trinajstić information content (AvgIpc) is 2.36. The normalized spacial score (nSPS) is 31.6. The van der Waals surface area contributed by atoms with E-state index in [1.807, 2.05) is 0 Å². The highest BCUT2D eigenvalue weighted by molar-refractivity contribution is 4.83. The van der Waals surface area contributed by atoms with Gasteiger partial charge in [0, 0.05) is 6.04 Å². The Kier molecular flexibility index (Phi) is 3.34. The largest absolute Gasteiger partial charge is 0.391 e. The summed E-state index contributed by atoms with van der Waals surface area (Å²) in [5.41, 5.74) is 0. The van der Waals surface area contributed by atoms with Gasteiger partial charge in [-0.2, -0.15) is 0 Å². The zero-order valence-corrected chi connectivity index (χ0v) is 7.58. The van der Waals surface area contributed by atoms with Crippen molar-refractivity contribution in [1.29, 1.82) is 0 Å². The zero-order valence-electron chi connectivity index (χ0n) is 7.58. The summed E-state index contributed by atoms with van der Waals surface area (Å²) in [5, 5.41) is 9.54. The van der Waals surface area contributed by atoms with Crippen LogP contribution in [0, 0.1) is 0 Å². The minimum Gasteiger partial charge on any atom is -0.391 e. The van der Waals surface area contributed by atoms with Gasteiger partial charge in [-0.05, 0) is 39.3 Å². The molecule has 1 saturated carbocycles. The van der Waals surface area contributed by atoms with Crippen LogP contribution in [0.15, 0.2) is 0 Å². The second-order valence-corrected chi connectivity index (χ2v) is 3.55. The van der Waals surface area contributed by atoms with Crippen LogP contribution < -0.4 is 0 Å². The Morgan fingerprint density at radius 2 is 2.18 bits per heavy atom. The number of rotatable bonds is 3. The van der Waals surface area contributed by atoms with Crippen LogP contribution in [0.2, 0.25) is 0 Å². The van der Waals surface area contributed by atoms with Gasteiger partial charge in [0.15, 0.2) is 0 Å². The molecule has 0 aromatic carbocycles. The van der Waals surface area contributed by atoms with Crippen LogP contribution in [0.1, 0.15) is 32.6 Å². The molecule has 0 unspecified atom stereocenters. The van der Waals surface area contributed by atoms with Crippen molar-refractivity contribution in [3.8, 4) is 0 Å². The Balaban J connectivity index is 2.33. The molecule has 1 aliphatic rings. The van der Waals surface area contributed by atoms with E-state index in [1.165, 1.54) is 19.3 Å². The van der Waals surface area contributed by atoms with E-state index in [0.29, 0.717) is 6.04 Å². The van der Waals surface area contributed by atoms with E-state index in [4.69, 9.17) is 0 Å². The predicted molar refractivity (Wildman–Crippen MR) is 46.6 cm³/mol. The van der Waals surface area contributed by atoms with E-state index in [-0.39, 0.29) is 6.10 Å². The molecule has 2 atom stereocenters. The van der Waals surface area contributed by atoms with Crippen LogP contribution in [0.25, 0.3) is 0 Å². The van der Waals surface area contributed by atoms with Gasteiger partial charge in [-0.15, -0.1) is 0 Å². The summed E-state index contributed by atoms with van der Waals surface area (Å²) in [6, 6.07) is 0.440. The van der Waals surface area contributed by atoms with Crippen LogP contribution in [0.4, 0.5) is 0 Å². The van der Waals surface area contributed by atoms with E-state index in [0.717, 1.165) is 13.0 Å². The molecule has 0 bridgehead atoms. The predicted octanol–water partition coefficient (Wildman–Crippen LogP) is 1.24. The van der Waals surface area contributed by atoms with Crippen LogP contribution in [0.3, 0.4) is 0 Å². The molecule has 0 heterocycles. The van der Waals surface area contributed by atoms with Gasteiger partial charge in [0.05, 0.1) is 6.10 Å². The van der Waals surface area contributed by atoms with Crippen molar-refractivity contribution in [1.82, 2.24) is 4.90 Å². The van der Waals surface area contributed by atoms with Crippen LogP contribution in [0.5, 0.6) is 0 Å². The van der Waals surface area contributed by atoms with E-state index in [1.54, 1.807) is 0 Å². The van der Waals surface area contributed by atoms with Crippen molar-refractivity contribution in [2.45, 2.75) is 44.8 Å². The number of hydrogen-bond acceptors (Lipinski definition) is 2. The lowest BCUT2D eigenvalue weighted by Gasteiger charge is -2.26. The van der Waals surface area contributed by atoms with Crippen molar-refractivity contribution >= 4 is 0 Å². The molecule has 0 saturated heterocycles. The molecule has 0 spiro atoms. The van der Waals surface area contributed by atoms with E-state index >= 15 is 0 Å². The lowest BCUT2D eigenvalue weighted by Crippen LogP contribution is -2.37. The van der Waals surface area contributed by atoms with Crippen LogP contribution in [-0.4, -0.2) is 35.7 Å². The van der Waals surface area contributed by atoms with Gasteiger partial charge < -0.3 is 10.0 Å². The van der Waals surface area contributed by atoms with Gasteiger partial charge in [0.2, 0.25) is 0 Å². The molecule has 0 amide bonds. The molecule has 11 heavy (non-hydrogen) atoms. The summed E-state index contributed by atoms with van der Waals surface area (Å²) >= 11 is 0. The van der Waals surface area contributed by atoms with Crippen LogP contribution in [-0.2, 0) is 0 Å². The summed E-state index contributed by atoms with van der Waals surface area (Å²) in [5.74, 6) is 0. The van der Waals surface area contributed by atoms with E-state index in [2.05, 4.69) is 18.9 Å². The first-order chi connectivity index (χ1) is 5.25. The molecule has 0 aliphatic heterocycles. The minimum absolute atomic E-state index is 0.0634. The number of hydrogen-bond donors (Lipinski definition) is 1. The first-order valence-electron chi connectivity index (χ1n) is 4.64. The third kappa shape index (κ3) is 2.17. The highest BCUT2D eigenvalue weighted by atomic mass is 16.3. The maximum absolute atomic E-state index is 9.54. The molecular weight excluding hydrogens is 138 g/mol. The van der Waals surface area contributed by atoms with Gasteiger partial charge >= 0.3 is 0 Å². The first-order valence-corrected chi connectivity index (χ1v) is 4.64. The lowest BCUT2D eigenvalue weighted by atomic mass is 10.2. The number of nitrogens with zero attached hydrogens (tertiary/aromatic N) is 1. The standard InChI is InChI=1S/C9H19NO/c1-3-7-10(2)8-5-4-6-9(8)11/h8-9,11H,3-7H2,1-2H3/t8-,9+/m0/s1. The second-order valence-electron chi connectivity index (χ2n) is 3.55. The second kappa shape index (κ2) is 4.07.